The Balaban J connectivity index is 3.64. The van der Waals surface area contributed by atoms with Crippen molar-refractivity contribution in [2.75, 3.05) is 27.2 Å². The zero-order valence-corrected chi connectivity index (χ0v) is 9.88. The van der Waals surface area contributed by atoms with Gasteiger partial charge in [-0.2, -0.15) is 0 Å². The maximum absolute atomic E-state index is 5.69. The average molecular weight is 200 g/mol. The summed E-state index contributed by atoms with van der Waals surface area (Å²) in [5.74, 6) is 0.568. The normalized spacial score (nSPS) is 14.5. The molecule has 0 amide bonds. The van der Waals surface area contributed by atoms with Gasteiger partial charge >= 0.3 is 0 Å². The molecule has 84 valence electrons. The van der Waals surface area contributed by atoms with Crippen LogP contribution in [0, 0.1) is 0 Å². The monoisotopic (exact) mass is 200 g/mol. The second-order valence-electron chi connectivity index (χ2n) is 3.90. The van der Waals surface area contributed by atoms with Crippen molar-refractivity contribution in [3.63, 3.8) is 0 Å². The lowest BCUT2D eigenvalue weighted by molar-refractivity contribution is 0.378. The van der Waals surface area contributed by atoms with Crippen molar-refractivity contribution in [1.82, 2.24) is 10.2 Å². The molecule has 0 radical (unpaired) electrons. The molecule has 0 aromatic rings. The summed E-state index contributed by atoms with van der Waals surface area (Å²) < 4.78 is 0. The molecule has 0 aromatic carbocycles. The minimum Gasteiger partial charge on any atom is -0.370 e. The molecule has 0 saturated heterocycles. The highest BCUT2D eigenvalue weighted by Crippen LogP contribution is 1.91. The van der Waals surface area contributed by atoms with Gasteiger partial charge in [-0.25, -0.2) is 0 Å². The average Bonchev–Trinajstić information content (AvgIpc) is 2.11. The Morgan fingerprint density at radius 2 is 2.14 bits per heavy atom. The summed E-state index contributed by atoms with van der Waals surface area (Å²) in [4.78, 5) is 6.34. The van der Waals surface area contributed by atoms with Crippen LogP contribution in [0.15, 0.2) is 4.99 Å². The zero-order valence-electron chi connectivity index (χ0n) is 9.88. The van der Waals surface area contributed by atoms with Crippen LogP contribution in [-0.4, -0.2) is 44.1 Å². The molecule has 0 heterocycles. The van der Waals surface area contributed by atoms with E-state index in [0.717, 1.165) is 25.9 Å². The van der Waals surface area contributed by atoms with Crippen molar-refractivity contribution < 1.29 is 0 Å². The van der Waals surface area contributed by atoms with E-state index in [2.05, 4.69) is 43.2 Å². The molecule has 14 heavy (non-hydrogen) atoms. The number of nitrogens with two attached hydrogens (primary N) is 1. The molecule has 0 bridgehead atoms. The molecular formula is C10H24N4. The first-order chi connectivity index (χ1) is 6.56. The topological polar surface area (TPSA) is 53.6 Å². The summed E-state index contributed by atoms with van der Waals surface area (Å²) >= 11 is 0. The van der Waals surface area contributed by atoms with Gasteiger partial charge in [-0.15, -0.1) is 0 Å². The third kappa shape index (κ3) is 7.86. The van der Waals surface area contributed by atoms with Gasteiger partial charge in [-0.1, -0.05) is 6.92 Å². The maximum atomic E-state index is 5.69. The van der Waals surface area contributed by atoms with Crippen LogP contribution in [-0.2, 0) is 0 Å². The van der Waals surface area contributed by atoms with Crippen LogP contribution in [0.4, 0.5) is 0 Å². The predicted molar refractivity (Wildman–Crippen MR) is 62.5 cm³/mol. The van der Waals surface area contributed by atoms with E-state index >= 15 is 0 Å². The molecule has 0 spiro atoms. The Labute approximate surface area is 87.6 Å². The number of nitrogens with one attached hydrogen (secondary N) is 1. The number of rotatable bonds is 6. The van der Waals surface area contributed by atoms with E-state index in [1.807, 2.05) is 0 Å². The second kappa shape index (κ2) is 7.62. The van der Waals surface area contributed by atoms with Crippen LogP contribution in [0.2, 0.25) is 0 Å². The highest BCUT2D eigenvalue weighted by atomic mass is 15.1. The van der Waals surface area contributed by atoms with Gasteiger partial charge in [-0.05, 0) is 40.4 Å². The van der Waals surface area contributed by atoms with Gasteiger partial charge in [0, 0.05) is 12.6 Å². The van der Waals surface area contributed by atoms with Crippen LogP contribution in [0.3, 0.4) is 0 Å². The molecule has 1 atom stereocenters. The summed E-state index contributed by atoms with van der Waals surface area (Å²) in [6, 6.07) is 0.387. The highest BCUT2D eigenvalue weighted by molar-refractivity contribution is 5.78. The number of aliphatic imine (C=N–C) groups is 1. The molecule has 0 fully saturated rings. The smallest absolute Gasteiger partial charge is 0.188 e. The van der Waals surface area contributed by atoms with E-state index in [9.17, 15) is 0 Å². The van der Waals surface area contributed by atoms with Crippen molar-refractivity contribution in [1.29, 1.82) is 0 Å². The fourth-order valence-corrected chi connectivity index (χ4v) is 1.05. The lowest BCUT2D eigenvalue weighted by Crippen LogP contribution is -2.39. The minimum absolute atomic E-state index is 0.387. The fraction of sp³-hybridized carbons (Fsp3) is 0.900. The van der Waals surface area contributed by atoms with Crippen LogP contribution < -0.4 is 11.1 Å². The first kappa shape index (κ1) is 13.2. The molecule has 0 aliphatic carbocycles. The molecule has 0 saturated carbocycles. The van der Waals surface area contributed by atoms with E-state index in [1.54, 1.807) is 0 Å². The van der Waals surface area contributed by atoms with Crippen molar-refractivity contribution in [2.45, 2.75) is 32.7 Å². The lowest BCUT2D eigenvalue weighted by Gasteiger charge is -2.17. The van der Waals surface area contributed by atoms with Gasteiger partial charge < -0.3 is 16.0 Å². The van der Waals surface area contributed by atoms with E-state index in [4.69, 9.17) is 5.73 Å². The fourth-order valence-electron chi connectivity index (χ4n) is 1.05. The molecular weight excluding hydrogens is 176 g/mol. The van der Waals surface area contributed by atoms with Gasteiger partial charge in [0.1, 0.15) is 0 Å². The van der Waals surface area contributed by atoms with Crippen molar-refractivity contribution in [3.05, 3.63) is 0 Å². The lowest BCUT2D eigenvalue weighted by atomic mass is 10.2. The maximum Gasteiger partial charge on any atom is 0.188 e. The van der Waals surface area contributed by atoms with Gasteiger partial charge in [0.25, 0.3) is 0 Å². The van der Waals surface area contributed by atoms with Crippen LogP contribution in [0.25, 0.3) is 0 Å². The zero-order chi connectivity index (χ0) is 11.0. The standard InChI is InChI=1S/C10H24N4/c1-5-7-12-10(11)13-9(2)6-8-14(3)4/h9H,5-8H2,1-4H3,(H3,11,12,13). The molecule has 1 unspecified atom stereocenters. The molecule has 0 aliphatic heterocycles. The van der Waals surface area contributed by atoms with Gasteiger partial charge in [-0.3, -0.25) is 4.99 Å². The summed E-state index contributed by atoms with van der Waals surface area (Å²) in [6.07, 6.45) is 2.11. The summed E-state index contributed by atoms with van der Waals surface area (Å²) in [5.41, 5.74) is 5.69. The van der Waals surface area contributed by atoms with E-state index < -0.39 is 0 Å². The molecule has 0 aliphatic rings. The van der Waals surface area contributed by atoms with Gasteiger partial charge in [0.2, 0.25) is 0 Å². The summed E-state index contributed by atoms with van der Waals surface area (Å²) in [5, 5.41) is 3.17. The Morgan fingerprint density at radius 1 is 1.50 bits per heavy atom. The van der Waals surface area contributed by atoms with E-state index in [-0.39, 0.29) is 0 Å². The number of guanidine groups is 1. The number of nitrogens with zero attached hydrogens (tertiary/aromatic N) is 2. The number of hydrogen-bond donors (Lipinski definition) is 2. The second-order valence-corrected chi connectivity index (χ2v) is 3.90. The predicted octanol–water partition coefficient (Wildman–Crippen LogP) is 0.641. The Kier molecular flexibility index (Phi) is 7.20. The molecule has 3 N–H and O–H groups in total. The third-order valence-corrected chi connectivity index (χ3v) is 1.91. The Hall–Kier alpha value is -0.770. The van der Waals surface area contributed by atoms with Crippen LogP contribution in [0.5, 0.6) is 0 Å². The highest BCUT2D eigenvalue weighted by Gasteiger charge is 2.02. The molecule has 4 heteroatoms. The van der Waals surface area contributed by atoms with Crippen molar-refractivity contribution in [3.8, 4) is 0 Å². The van der Waals surface area contributed by atoms with Crippen molar-refractivity contribution >= 4 is 5.96 Å². The molecule has 4 nitrogen and oxygen atoms in total. The third-order valence-electron chi connectivity index (χ3n) is 1.91. The molecule has 0 aromatic heterocycles. The van der Waals surface area contributed by atoms with Crippen LogP contribution in [0.1, 0.15) is 26.7 Å². The van der Waals surface area contributed by atoms with E-state index in [1.165, 1.54) is 0 Å². The molecule has 0 rings (SSSR count). The quantitative estimate of drug-likeness (QED) is 0.489. The Bertz CT molecular complexity index is 166. The first-order valence-corrected chi connectivity index (χ1v) is 5.27. The minimum atomic E-state index is 0.387. The van der Waals surface area contributed by atoms with Gasteiger partial charge in [0.05, 0.1) is 0 Å². The largest absolute Gasteiger partial charge is 0.370 e. The first-order valence-electron chi connectivity index (χ1n) is 5.27. The number of hydrogen-bond acceptors (Lipinski definition) is 2. The van der Waals surface area contributed by atoms with Crippen LogP contribution >= 0.6 is 0 Å². The Morgan fingerprint density at radius 3 is 2.64 bits per heavy atom. The summed E-state index contributed by atoms with van der Waals surface area (Å²) in [7, 11) is 4.14. The summed E-state index contributed by atoms with van der Waals surface area (Å²) in [6.45, 7) is 6.08. The van der Waals surface area contributed by atoms with Gasteiger partial charge in [0.15, 0.2) is 5.96 Å². The SMILES string of the molecule is CCCN=C(N)NC(C)CCN(C)C. The van der Waals surface area contributed by atoms with Crippen molar-refractivity contribution in [2.24, 2.45) is 10.7 Å². The van der Waals surface area contributed by atoms with E-state index in [0.29, 0.717) is 12.0 Å².